The number of halogens is 2. The van der Waals surface area contributed by atoms with Crippen LogP contribution in [-0.4, -0.2) is 189 Å². The second kappa shape index (κ2) is 25.0. The molecule has 4 aliphatic heterocycles. The third-order valence-corrected chi connectivity index (χ3v) is 20.6. The van der Waals surface area contributed by atoms with E-state index in [0.717, 1.165) is 11.1 Å². The van der Waals surface area contributed by atoms with Gasteiger partial charge >= 0.3 is 5.97 Å². The first-order valence-corrected chi connectivity index (χ1v) is 29.4. The molecule has 0 saturated carbocycles. The smallest absolute Gasteiger partial charge is 0.310 e. The van der Waals surface area contributed by atoms with Crippen molar-refractivity contribution < 1.29 is 71.2 Å². The third-order valence-electron chi connectivity index (χ3n) is 17.4. The number of ether oxygens (including phenoxy) is 7. The standard InChI is InChI=1S/C53H85FIN5O14S/c1-28-23-52(8,70-13)47(30(3)41(40-24-51(7,69-12)46(63)33(6)72-40)31(4)48(64)74-50(55)53(9,65)45(62)32(5)42(28)56)73-49-43(61)38(22-29(2)71-49)59(10)20-18-37-26-60(58-57-37)39(25-54)44(68-11)35-16-14-34(15-17-35)36-19-21-75(66,67)27-36/h14-17,26,28-33,36,38-41,43-47,49-50,56,61-63,65H,18-25,27H2,1-13H3/t28-,29-,30+,31-,32+,33+,36?,38+,39-,40-,41?,43-,44-,45-,46+,47-,49+,50+,51-,52-,53+/m1/s1. The third kappa shape index (κ3) is 13.5. The molecule has 1 aromatic heterocycles. The lowest BCUT2D eigenvalue weighted by Crippen LogP contribution is -2.62. The van der Waals surface area contributed by atoms with Crippen molar-refractivity contribution in [3.8, 4) is 0 Å². The summed E-state index contributed by atoms with van der Waals surface area (Å²) in [5.74, 6) is -4.19. The normalized spacial score (nSPS) is 41.2. The van der Waals surface area contributed by atoms with E-state index in [1.807, 2.05) is 86.5 Å². The molecule has 21 atom stereocenters. The maximum absolute atomic E-state index is 14.9. The fraction of sp³-hybridized carbons (Fsp3) is 0.811. The molecule has 2 aromatic rings. The van der Waals surface area contributed by atoms with Gasteiger partial charge in [-0.1, -0.05) is 57.2 Å². The molecule has 2 unspecified atom stereocenters. The van der Waals surface area contributed by atoms with Crippen molar-refractivity contribution in [3.63, 3.8) is 0 Å². The number of cyclic esters (lactones) is 1. The Morgan fingerprint density at radius 1 is 0.973 bits per heavy atom. The van der Waals surface area contributed by atoms with Crippen LogP contribution >= 0.6 is 22.6 Å². The van der Waals surface area contributed by atoms with Gasteiger partial charge in [0.25, 0.3) is 0 Å². The fourth-order valence-electron chi connectivity index (χ4n) is 12.4. The first-order chi connectivity index (χ1) is 35.1. The van der Waals surface area contributed by atoms with Crippen LogP contribution < -0.4 is 0 Å². The summed E-state index contributed by atoms with van der Waals surface area (Å²) in [5, 5.41) is 65.1. The number of likely N-dealkylation sites (N-methyl/N-ethyl adjacent to an activating group) is 1. The number of alkyl halides is 2. The summed E-state index contributed by atoms with van der Waals surface area (Å²) in [5.41, 5.74) is -1.91. The van der Waals surface area contributed by atoms with Crippen molar-refractivity contribution >= 4 is 44.1 Å². The van der Waals surface area contributed by atoms with Crippen molar-refractivity contribution in [2.45, 2.75) is 188 Å². The van der Waals surface area contributed by atoms with Crippen LogP contribution in [0, 0.1) is 35.0 Å². The van der Waals surface area contributed by atoms with E-state index >= 15 is 0 Å². The number of methoxy groups -OCH3 is 3. The zero-order chi connectivity index (χ0) is 55.7. The Bertz CT molecular complexity index is 2340. The number of rotatable bonds is 15. The van der Waals surface area contributed by atoms with Crippen LogP contribution in [0.5, 0.6) is 0 Å². The van der Waals surface area contributed by atoms with E-state index < -0.39 is 140 Å². The van der Waals surface area contributed by atoms with E-state index in [4.69, 9.17) is 33.2 Å². The van der Waals surface area contributed by atoms with Crippen molar-refractivity contribution in [1.82, 2.24) is 19.9 Å². The van der Waals surface area contributed by atoms with Gasteiger partial charge in [0.1, 0.15) is 36.6 Å². The summed E-state index contributed by atoms with van der Waals surface area (Å²) in [7, 11) is 3.40. The Morgan fingerprint density at radius 2 is 1.63 bits per heavy atom. The molecule has 5 heterocycles. The topological polar surface area (TPSA) is 255 Å². The van der Waals surface area contributed by atoms with Gasteiger partial charge in [-0.25, -0.2) is 17.5 Å². The van der Waals surface area contributed by atoms with Gasteiger partial charge in [0.2, 0.25) is 0 Å². The highest BCUT2D eigenvalue weighted by Crippen LogP contribution is 2.46. The molecule has 0 radical (unpaired) electrons. The molecule has 6 rings (SSSR count). The average Bonchev–Trinajstić information content (AvgIpc) is 4.00. The highest BCUT2D eigenvalue weighted by Gasteiger charge is 2.56. The number of nitrogens with one attached hydrogen (secondary N) is 1. The summed E-state index contributed by atoms with van der Waals surface area (Å²) in [6.45, 7) is 15.4. The average molecular weight is 1190 g/mol. The van der Waals surface area contributed by atoms with Crippen molar-refractivity contribution in [3.05, 3.63) is 47.3 Å². The van der Waals surface area contributed by atoms with E-state index in [0.29, 0.717) is 31.5 Å². The number of hydrogen-bond acceptors (Lipinski definition) is 18. The minimum atomic E-state index is -3.06. The van der Waals surface area contributed by atoms with Crippen LogP contribution in [0.4, 0.5) is 4.39 Å². The number of sulfone groups is 1. The Balaban J connectivity index is 1.26. The molecule has 426 valence electrons. The summed E-state index contributed by atoms with van der Waals surface area (Å²) < 4.78 is 83.9. The van der Waals surface area contributed by atoms with E-state index in [2.05, 4.69) is 10.3 Å². The predicted octanol–water partition coefficient (Wildman–Crippen LogP) is 5.15. The quantitative estimate of drug-likeness (QED) is 0.0878. The fourth-order valence-corrected chi connectivity index (χ4v) is 14.8. The van der Waals surface area contributed by atoms with Gasteiger partial charge in [0.05, 0.1) is 64.8 Å². The monoisotopic (exact) mass is 1190 g/mol. The zero-order valence-electron chi connectivity index (χ0n) is 46.0. The molecule has 0 amide bonds. The zero-order valence-corrected chi connectivity index (χ0v) is 48.9. The van der Waals surface area contributed by atoms with Gasteiger partial charge < -0.3 is 63.9 Å². The number of carbonyl (C=O) groups excluding carboxylic acids is 1. The summed E-state index contributed by atoms with van der Waals surface area (Å²) >= 11 is 1.81. The first-order valence-electron chi connectivity index (χ1n) is 26.3. The maximum atomic E-state index is 14.9. The molecule has 0 spiro atoms. The minimum Gasteiger partial charge on any atom is -0.448 e. The molecule has 0 aliphatic carbocycles. The van der Waals surface area contributed by atoms with E-state index in [1.54, 1.807) is 41.0 Å². The molecular formula is C53H85FIN5O14S. The van der Waals surface area contributed by atoms with Gasteiger partial charge in [-0.15, -0.1) is 5.10 Å². The summed E-state index contributed by atoms with van der Waals surface area (Å²) in [6, 6.07) is 6.13. The van der Waals surface area contributed by atoms with E-state index in [-0.39, 0.29) is 36.0 Å². The van der Waals surface area contributed by atoms with E-state index in [1.165, 1.54) is 25.8 Å². The molecular weight excluding hydrogens is 1110 g/mol. The van der Waals surface area contributed by atoms with E-state index in [9.17, 15) is 43.4 Å². The van der Waals surface area contributed by atoms with Gasteiger partial charge in [0.15, 0.2) is 20.2 Å². The number of esters is 1. The molecule has 0 bridgehead atoms. The maximum Gasteiger partial charge on any atom is 0.310 e. The number of aromatic nitrogens is 3. The molecule has 4 aliphatic rings. The van der Waals surface area contributed by atoms with Crippen LogP contribution in [-0.2, 0) is 54.2 Å². The van der Waals surface area contributed by atoms with Crippen LogP contribution in [0.1, 0.15) is 123 Å². The summed E-state index contributed by atoms with van der Waals surface area (Å²) in [4.78, 5) is 16.5. The molecule has 1 aromatic carbocycles. The number of aliphatic hydroxyl groups is 4. The van der Waals surface area contributed by atoms with Crippen molar-refractivity contribution in [2.75, 3.05) is 53.1 Å². The lowest BCUT2D eigenvalue weighted by atomic mass is 9.68. The van der Waals surface area contributed by atoms with Crippen LogP contribution in [0.2, 0.25) is 0 Å². The molecule has 22 heteroatoms. The largest absolute Gasteiger partial charge is 0.448 e. The second-order valence-corrected chi connectivity index (χ2v) is 26.2. The van der Waals surface area contributed by atoms with Crippen LogP contribution in [0.3, 0.4) is 0 Å². The number of benzene rings is 1. The highest BCUT2D eigenvalue weighted by molar-refractivity contribution is 14.1. The molecule has 4 fully saturated rings. The Kier molecular flexibility index (Phi) is 20.6. The minimum absolute atomic E-state index is 0.0769. The number of hydrogen-bond donors (Lipinski definition) is 5. The number of aliphatic hydroxyl groups excluding tert-OH is 3. The molecule has 19 nitrogen and oxygen atoms in total. The second-order valence-electron chi connectivity index (χ2n) is 22.8. The summed E-state index contributed by atoms with van der Waals surface area (Å²) in [6.07, 6.45) is -4.98. The highest BCUT2D eigenvalue weighted by atomic mass is 127. The van der Waals surface area contributed by atoms with Gasteiger partial charge in [0, 0.05) is 70.5 Å². The Labute approximate surface area is 456 Å². The Morgan fingerprint density at radius 3 is 2.21 bits per heavy atom. The first kappa shape index (κ1) is 61.9. The van der Waals surface area contributed by atoms with Crippen molar-refractivity contribution in [2.24, 2.45) is 29.6 Å². The SMILES string of the molecule is CO[C@H](c1ccc(C2CCS(=O)(=O)C2)cc1)[C@@H](CF)n1cc(CCN(C)[C@H]2C[C@@H](C)O[C@@H](O[C@@H]3[C@@H](C)C([C@H]4C[C@@](C)(OC)[C@@H](O)[C@H](C)O4)[C@@H](C)C(=O)O[C@H](I)[C@@](C)(O)[C@H](O)[C@@H](C)C(=N)[C@H](C)C[C@@]3(C)OC)[C@@H]2O)nn1. The molecule has 4 saturated heterocycles. The van der Waals surface area contributed by atoms with Gasteiger partial charge in [-0.05, 0) is 112 Å². The lowest BCUT2D eigenvalue weighted by Gasteiger charge is -2.52. The number of nitrogens with zero attached hydrogens (tertiary/aromatic N) is 4. The van der Waals surface area contributed by atoms with Gasteiger partial charge in [-0.3, -0.25) is 4.79 Å². The lowest BCUT2D eigenvalue weighted by molar-refractivity contribution is -0.304. The van der Waals surface area contributed by atoms with Crippen molar-refractivity contribution in [1.29, 1.82) is 5.41 Å². The van der Waals surface area contributed by atoms with Gasteiger partial charge in [-0.2, -0.15) is 0 Å². The van der Waals surface area contributed by atoms with Crippen LogP contribution in [0.25, 0.3) is 0 Å². The molecule has 75 heavy (non-hydrogen) atoms. The molecule has 5 N–H and O–H groups in total. The number of carbonyl (C=O) groups is 1. The Hall–Kier alpha value is -2.33. The van der Waals surface area contributed by atoms with Crippen LogP contribution in [0.15, 0.2) is 30.5 Å². The predicted molar refractivity (Wildman–Crippen MR) is 286 cm³/mol.